The fourth-order valence-corrected chi connectivity index (χ4v) is 2.89. The van der Waals surface area contributed by atoms with E-state index in [4.69, 9.17) is 18.2 Å². The third-order valence-electron chi connectivity index (χ3n) is 3.97. The minimum atomic E-state index is -0.590. The van der Waals surface area contributed by atoms with Crippen molar-refractivity contribution in [3.05, 3.63) is 75.3 Å². The zero-order valence-electron chi connectivity index (χ0n) is 13.5. The lowest BCUT2D eigenvalue weighted by Crippen LogP contribution is -2.10. The van der Waals surface area contributed by atoms with Crippen molar-refractivity contribution in [1.29, 1.82) is 0 Å². The zero-order chi connectivity index (χ0) is 19.0. The minimum absolute atomic E-state index is 0.000330. The number of aromatic nitrogens is 4. The van der Waals surface area contributed by atoms with E-state index in [9.17, 15) is 9.18 Å². The second-order valence-corrected chi connectivity index (χ2v) is 6.06. The molecule has 4 aromatic rings. The van der Waals surface area contributed by atoms with E-state index in [2.05, 4.69) is 30.3 Å². The molecule has 3 aromatic heterocycles. The molecule has 0 saturated heterocycles. The topological polar surface area (TPSA) is 90.8 Å². The molecular formula is C18H10ClFN6O. The van der Waals surface area contributed by atoms with Crippen LogP contribution in [0.2, 0.25) is 5.02 Å². The molecule has 0 radical (unpaired) electrons. The minimum Gasteiger partial charge on any atom is -0.363 e. The predicted molar refractivity (Wildman–Crippen MR) is 101 cm³/mol. The number of rotatable bonds is 3. The largest absolute Gasteiger partial charge is 0.363 e. The van der Waals surface area contributed by atoms with Crippen molar-refractivity contribution in [2.24, 2.45) is 0 Å². The number of benzene rings is 1. The molecule has 0 atom stereocenters. The average Bonchev–Trinajstić information content (AvgIpc) is 3.15. The monoisotopic (exact) mass is 380 g/mol. The standard InChI is InChI=1S/C18H10ClFN6O/c1-21-17-15(24-14-4-5-22-16-12(14)8-23-26-16)7-11(18(27)25-17)10-6-9(19)2-3-13(10)20/h2-8H,(H,25,27)(H2,22,23,24,26). The van der Waals surface area contributed by atoms with E-state index in [-0.39, 0.29) is 16.9 Å². The van der Waals surface area contributed by atoms with Crippen LogP contribution in [-0.2, 0) is 0 Å². The van der Waals surface area contributed by atoms with Crippen molar-refractivity contribution >= 4 is 39.8 Å². The Labute approximate surface area is 156 Å². The van der Waals surface area contributed by atoms with Gasteiger partial charge in [-0.1, -0.05) is 18.2 Å². The molecule has 0 bridgehead atoms. The van der Waals surface area contributed by atoms with Crippen LogP contribution in [0.15, 0.2) is 47.5 Å². The highest BCUT2D eigenvalue weighted by Gasteiger charge is 2.16. The van der Waals surface area contributed by atoms with Crippen LogP contribution in [0, 0.1) is 12.4 Å². The van der Waals surface area contributed by atoms with Gasteiger partial charge in [0, 0.05) is 16.8 Å². The highest BCUT2D eigenvalue weighted by Crippen LogP contribution is 2.32. The zero-order valence-corrected chi connectivity index (χ0v) is 14.3. The number of hydrogen-bond donors (Lipinski definition) is 3. The number of fused-ring (bicyclic) bond motifs is 1. The lowest BCUT2D eigenvalue weighted by Gasteiger charge is -2.11. The Kier molecular flexibility index (Phi) is 4.06. The molecule has 0 fully saturated rings. The first-order valence-corrected chi connectivity index (χ1v) is 8.10. The number of nitrogens with one attached hydrogen (secondary N) is 3. The van der Waals surface area contributed by atoms with Gasteiger partial charge in [-0.05, 0) is 30.3 Å². The summed E-state index contributed by atoms with van der Waals surface area (Å²) in [4.78, 5) is 22.3. The molecule has 7 nitrogen and oxygen atoms in total. The molecule has 3 heterocycles. The molecule has 0 saturated carbocycles. The fraction of sp³-hybridized carbons (Fsp3) is 0. The molecule has 0 spiro atoms. The number of pyridine rings is 2. The third kappa shape index (κ3) is 3.01. The molecule has 27 heavy (non-hydrogen) atoms. The Morgan fingerprint density at radius 1 is 1.19 bits per heavy atom. The van der Waals surface area contributed by atoms with E-state index >= 15 is 0 Å². The maximum absolute atomic E-state index is 14.2. The summed E-state index contributed by atoms with van der Waals surface area (Å²) in [5.74, 6) is -0.591. The van der Waals surface area contributed by atoms with Crippen LogP contribution in [0.3, 0.4) is 0 Å². The maximum atomic E-state index is 14.2. The molecule has 0 aliphatic heterocycles. The molecule has 0 aliphatic carbocycles. The van der Waals surface area contributed by atoms with E-state index < -0.39 is 11.4 Å². The van der Waals surface area contributed by atoms with Gasteiger partial charge in [0.15, 0.2) is 5.65 Å². The SMILES string of the molecule is [C-]#[N+]c1[nH]c(=O)c(-c2cc(Cl)ccc2F)cc1Nc1ccnc2[nH]ncc12. The van der Waals surface area contributed by atoms with Gasteiger partial charge in [-0.15, -0.1) is 0 Å². The van der Waals surface area contributed by atoms with Gasteiger partial charge >= 0.3 is 5.56 Å². The summed E-state index contributed by atoms with van der Waals surface area (Å²) in [6.45, 7) is 7.32. The Balaban J connectivity index is 1.88. The van der Waals surface area contributed by atoms with Crippen LogP contribution < -0.4 is 10.9 Å². The van der Waals surface area contributed by atoms with Gasteiger partial charge in [0.2, 0.25) is 0 Å². The second kappa shape index (κ2) is 6.55. The number of hydrogen-bond acceptors (Lipinski definition) is 4. The Hall–Kier alpha value is -3.70. The number of H-pyrrole nitrogens is 2. The molecule has 0 aliphatic rings. The van der Waals surface area contributed by atoms with E-state index in [1.165, 1.54) is 24.3 Å². The summed E-state index contributed by atoms with van der Waals surface area (Å²) in [5, 5.41) is 10.8. The molecule has 3 N–H and O–H groups in total. The molecule has 0 unspecified atom stereocenters. The summed E-state index contributed by atoms with van der Waals surface area (Å²) in [7, 11) is 0. The number of anilines is 2. The highest BCUT2D eigenvalue weighted by atomic mass is 35.5. The summed E-state index contributed by atoms with van der Waals surface area (Å²) in [6.07, 6.45) is 3.16. The van der Waals surface area contributed by atoms with Gasteiger partial charge in [0.1, 0.15) is 5.82 Å². The van der Waals surface area contributed by atoms with Crippen LogP contribution in [0.4, 0.5) is 21.6 Å². The summed E-state index contributed by atoms with van der Waals surface area (Å²) in [5.41, 5.74) is 1.02. The van der Waals surface area contributed by atoms with E-state index in [0.717, 1.165) is 0 Å². The third-order valence-corrected chi connectivity index (χ3v) is 4.21. The molecule has 9 heteroatoms. The van der Waals surface area contributed by atoms with Crippen molar-refractivity contribution < 1.29 is 4.39 Å². The number of nitrogens with zero attached hydrogens (tertiary/aromatic N) is 3. The van der Waals surface area contributed by atoms with Gasteiger partial charge in [-0.25, -0.2) is 14.2 Å². The first kappa shape index (κ1) is 16.8. The summed E-state index contributed by atoms with van der Waals surface area (Å²) >= 11 is 5.94. The lowest BCUT2D eigenvalue weighted by molar-refractivity contribution is 0.631. The number of halogens is 2. The van der Waals surface area contributed by atoms with Crippen molar-refractivity contribution in [1.82, 2.24) is 20.2 Å². The van der Waals surface area contributed by atoms with Crippen molar-refractivity contribution in [2.45, 2.75) is 0 Å². The summed E-state index contributed by atoms with van der Waals surface area (Å²) in [6, 6.07) is 7.08. The smallest absolute Gasteiger partial charge is 0.324 e. The average molecular weight is 381 g/mol. The Bertz CT molecular complexity index is 1270. The van der Waals surface area contributed by atoms with Gasteiger partial charge in [0.05, 0.1) is 28.5 Å². The van der Waals surface area contributed by atoms with E-state index in [0.29, 0.717) is 27.4 Å². The van der Waals surface area contributed by atoms with Crippen LogP contribution in [0.5, 0.6) is 0 Å². The molecule has 1 aromatic carbocycles. The van der Waals surface area contributed by atoms with Gasteiger partial charge in [-0.3, -0.25) is 10.1 Å². The van der Waals surface area contributed by atoms with Crippen LogP contribution in [0.1, 0.15) is 0 Å². The van der Waals surface area contributed by atoms with Gasteiger partial charge in [0.25, 0.3) is 5.82 Å². The number of aromatic amines is 2. The molecule has 4 rings (SSSR count). The van der Waals surface area contributed by atoms with E-state index in [1.54, 1.807) is 18.5 Å². The molecule has 132 valence electrons. The van der Waals surface area contributed by atoms with Crippen LogP contribution in [0.25, 0.3) is 27.0 Å². The van der Waals surface area contributed by atoms with Crippen LogP contribution >= 0.6 is 11.6 Å². The normalized spacial score (nSPS) is 10.7. The first-order chi connectivity index (χ1) is 13.1. The van der Waals surface area contributed by atoms with Crippen molar-refractivity contribution in [3.63, 3.8) is 0 Å². The quantitative estimate of drug-likeness (QED) is 0.459. The Morgan fingerprint density at radius 3 is 2.85 bits per heavy atom. The van der Waals surface area contributed by atoms with Crippen molar-refractivity contribution in [3.8, 4) is 11.1 Å². The fourth-order valence-electron chi connectivity index (χ4n) is 2.71. The first-order valence-electron chi connectivity index (χ1n) is 7.72. The van der Waals surface area contributed by atoms with E-state index in [1.807, 2.05) is 0 Å². The van der Waals surface area contributed by atoms with Gasteiger partial charge < -0.3 is 10.2 Å². The molecule has 0 amide bonds. The predicted octanol–water partition coefficient (Wildman–Crippen LogP) is 4.40. The van der Waals surface area contributed by atoms with Crippen molar-refractivity contribution in [2.75, 3.05) is 5.32 Å². The highest BCUT2D eigenvalue weighted by molar-refractivity contribution is 6.30. The van der Waals surface area contributed by atoms with Crippen LogP contribution in [-0.4, -0.2) is 20.2 Å². The summed E-state index contributed by atoms with van der Waals surface area (Å²) < 4.78 is 14.2. The molecular weight excluding hydrogens is 371 g/mol. The second-order valence-electron chi connectivity index (χ2n) is 5.63. The maximum Gasteiger partial charge on any atom is 0.324 e. The van der Waals surface area contributed by atoms with Gasteiger partial charge in [-0.2, -0.15) is 5.10 Å². The lowest BCUT2D eigenvalue weighted by atomic mass is 10.1. The Morgan fingerprint density at radius 2 is 2.04 bits per heavy atom.